The molecule has 50 heavy (non-hydrogen) atoms. The van der Waals surface area contributed by atoms with Crippen molar-refractivity contribution in [3.05, 3.63) is 83.7 Å². The van der Waals surface area contributed by atoms with Crippen LogP contribution in [0.15, 0.2) is 67.0 Å². The van der Waals surface area contributed by atoms with Crippen molar-refractivity contribution in [2.45, 2.75) is 111 Å². The van der Waals surface area contributed by atoms with Crippen molar-refractivity contribution < 1.29 is 9.90 Å². The zero-order valence-corrected chi connectivity index (χ0v) is 32.2. The molecule has 0 spiro atoms. The molecule has 4 fully saturated rings. The van der Waals surface area contributed by atoms with E-state index in [2.05, 4.69) is 95.6 Å². The maximum atomic E-state index is 11.6. The normalized spacial score (nSPS) is 39.4. The maximum absolute atomic E-state index is 11.6. The third-order valence-electron chi connectivity index (χ3n) is 16.4. The van der Waals surface area contributed by atoms with Crippen LogP contribution in [0.25, 0.3) is 5.57 Å². The van der Waals surface area contributed by atoms with Gasteiger partial charge in [0.2, 0.25) is 0 Å². The molecule has 2 aromatic rings. The summed E-state index contributed by atoms with van der Waals surface area (Å²) < 4.78 is 0. The summed E-state index contributed by atoms with van der Waals surface area (Å²) >= 11 is 0. The first-order chi connectivity index (χ1) is 23.6. The van der Waals surface area contributed by atoms with E-state index in [0.29, 0.717) is 52.0 Å². The van der Waals surface area contributed by atoms with Crippen molar-refractivity contribution >= 4 is 11.5 Å². The predicted octanol–water partition coefficient (Wildman–Crippen LogP) is 10.1. The number of carboxylic acids is 1. The summed E-state index contributed by atoms with van der Waals surface area (Å²) in [6, 6.07) is 12.2. The van der Waals surface area contributed by atoms with E-state index in [1.54, 1.807) is 12.1 Å². The molecule has 0 saturated heterocycles. The lowest BCUT2D eigenvalue weighted by Gasteiger charge is -2.72. The zero-order chi connectivity index (χ0) is 35.9. The van der Waals surface area contributed by atoms with Crippen LogP contribution in [0.5, 0.6) is 0 Å². The summed E-state index contributed by atoms with van der Waals surface area (Å²) in [5, 5.41) is 13.8. The Kier molecular flexibility index (Phi) is 8.86. The Bertz CT molecular complexity index is 1650. The van der Waals surface area contributed by atoms with Gasteiger partial charge in [-0.1, -0.05) is 71.0 Å². The van der Waals surface area contributed by atoms with Crippen LogP contribution in [-0.2, 0) is 0 Å². The monoisotopic (exact) mass is 677 g/mol. The summed E-state index contributed by atoms with van der Waals surface area (Å²) in [7, 11) is 4.41. The van der Waals surface area contributed by atoms with Gasteiger partial charge in [0, 0.05) is 30.5 Å². The number of rotatable bonds is 8. The fourth-order valence-electron chi connectivity index (χ4n) is 13.8. The number of pyridine rings is 1. The van der Waals surface area contributed by atoms with Gasteiger partial charge in [-0.25, -0.2) is 4.79 Å². The Morgan fingerprint density at radius 1 is 0.960 bits per heavy atom. The highest BCUT2D eigenvalue weighted by Crippen LogP contribution is 2.76. The minimum atomic E-state index is -0.859. The Labute approximate surface area is 302 Å². The molecular weight excluding hydrogens is 615 g/mol. The van der Waals surface area contributed by atoms with E-state index in [1.807, 2.05) is 24.5 Å². The van der Waals surface area contributed by atoms with Gasteiger partial charge < -0.3 is 15.3 Å². The molecule has 0 amide bonds. The number of allylic oxidation sites excluding steroid dienone is 3. The third kappa shape index (κ3) is 5.22. The molecule has 10 atom stereocenters. The first-order valence-electron chi connectivity index (χ1n) is 19.6. The Morgan fingerprint density at radius 2 is 1.70 bits per heavy atom. The number of hydrogen-bond donors (Lipinski definition) is 2. The van der Waals surface area contributed by atoms with E-state index in [9.17, 15) is 9.90 Å². The summed E-state index contributed by atoms with van der Waals surface area (Å²) in [6.07, 6.45) is 17.9. The number of nitrogens with one attached hydrogen (secondary N) is 1. The Hall–Kier alpha value is -2.76. The van der Waals surface area contributed by atoms with Crippen LogP contribution < -0.4 is 5.32 Å². The number of aromatic carboxylic acids is 1. The molecule has 5 aliphatic rings. The van der Waals surface area contributed by atoms with E-state index >= 15 is 0 Å². The highest BCUT2D eigenvalue weighted by molar-refractivity contribution is 5.88. The van der Waals surface area contributed by atoms with Crippen LogP contribution in [0, 0.1) is 51.2 Å². The smallest absolute Gasteiger partial charge is 0.335 e. The fourth-order valence-corrected chi connectivity index (χ4v) is 13.8. The second-order valence-corrected chi connectivity index (χ2v) is 18.9. The van der Waals surface area contributed by atoms with E-state index in [0.717, 1.165) is 13.0 Å². The Morgan fingerprint density at radius 3 is 2.34 bits per heavy atom. The predicted molar refractivity (Wildman–Crippen MR) is 205 cm³/mol. The van der Waals surface area contributed by atoms with Gasteiger partial charge in [-0.05, 0) is 165 Å². The molecule has 5 nitrogen and oxygen atoms in total. The van der Waals surface area contributed by atoms with Crippen LogP contribution in [-0.4, -0.2) is 47.1 Å². The average Bonchev–Trinajstić information content (AvgIpc) is 3.45. The number of carboxylic acid groups (broad SMARTS) is 1. The molecule has 1 aromatic carbocycles. The number of benzene rings is 1. The van der Waals surface area contributed by atoms with Crippen LogP contribution in [0.2, 0.25) is 0 Å². The molecule has 2 N–H and O–H groups in total. The zero-order valence-electron chi connectivity index (χ0n) is 32.2. The topological polar surface area (TPSA) is 65.5 Å². The summed E-state index contributed by atoms with van der Waals surface area (Å²) in [6.45, 7) is 21.0. The largest absolute Gasteiger partial charge is 0.478 e. The minimum Gasteiger partial charge on any atom is -0.478 e. The van der Waals surface area contributed by atoms with Crippen molar-refractivity contribution in [1.29, 1.82) is 0 Å². The molecule has 10 unspecified atom stereocenters. The van der Waals surface area contributed by atoms with Gasteiger partial charge in [0.1, 0.15) is 0 Å². The molecule has 0 aliphatic heterocycles. The summed E-state index contributed by atoms with van der Waals surface area (Å²) in [5.41, 5.74) is 6.66. The van der Waals surface area contributed by atoms with Crippen LogP contribution in [0.1, 0.15) is 127 Å². The molecule has 1 heterocycles. The van der Waals surface area contributed by atoms with Crippen molar-refractivity contribution in [2.75, 3.05) is 20.6 Å². The highest BCUT2D eigenvalue weighted by Gasteiger charge is 2.70. The summed E-state index contributed by atoms with van der Waals surface area (Å²) in [4.78, 5) is 18.4. The molecule has 4 saturated carbocycles. The molecule has 7 rings (SSSR count). The molecule has 5 aliphatic carbocycles. The van der Waals surface area contributed by atoms with Gasteiger partial charge >= 0.3 is 5.97 Å². The van der Waals surface area contributed by atoms with Gasteiger partial charge in [-0.15, -0.1) is 0 Å². The highest BCUT2D eigenvalue weighted by atomic mass is 16.4. The quantitative estimate of drug-likeness (QED) is 0.272. The Balaban J connectivity index is 1.19. The average molecular weight is 678 g/mol. The lowest BCUT2D eigenvalue weighted by Crippen LogP contribution is -2.68. The van der Waals surface area contributed by atoms with Gasteiger partial charge in [-0.3, -0.25) is 4.98 Å². The lowest BCUT2D eigenvalue weighted by molar-refractivity contribution is -0.219. The fraction of sp³-hybridized carbons (Fsp3) is 0.644. The molecule has 0 bridgehead atoms. The van der Waals surface area contributed by atoms with Gasteiger partial charge in [0.05, 0.1) is 5.56 Å². The van der Waals surface area contributed by atoms with Crippen molar-refractivity contribution in [3.8, 4) is 0 Å². The van der Waals surface area contributed by atoms with Crippen molar-refractivity contribution in [1.82, 2.24) is 15.2 Å². The second-order valence-electron chi connectivity index (χ2n) is 18.9. The first kappa shape index (κ1) is 35.6. The number of likely N-dealkylation sites (N-methyl/N-ethyl adjacent to an activating group) is 1. The number of carbonyl (C=O) groups is 1. The van der Waals surface area contributed by atoms with Crippen LogP contribution >= 0.6 is 0 Å². The molecule has 1 aromatic heterocycles. The SMILES string of the molecule is C=C(C)C1CCC2(NCC(c3cccnc3)N(C)C)CCC3(C)C(CCC4C5(C)CC=C(c6ccc(C(=O)O)cc6)C(C)(C)C5CCC43C)C12. The second kappa shape index (κ2) is 12.4. The van der Waals surface area contributed by atoms with E-state index in [1.165, 1.54) is 73.6 Å². The van der Waals surface area contributed by atoms with Crippen molar-refractivity contribution in [2.24, 2.45) is 51.2 Å². The first-order valence-corrected chi connectivity index (χ1v) is 19.6. The van der Waals surface area contributed by atoms with Crippen molar-refractivity contribution in [3.63, 3.8) is 0 Å². The van der Waals surface area contributed by atoms with Gasteiger partial charge in [0.25, 0.3) is 0 Å². The molecule has 5 heteroatoms. The van der Waals surface area contributed by atoms with E-state index < -0.39 is 5.97 Å². The van der Waals surface area contributed by atoms with Crippen LogP contribution in [0.3, 0.4) is 0 Å². The van der Waals surface area contributed by atoms with E-state index in [4.69, 9.17) is 0 Å². The maximum Gasteiger partial charge on any atom is 0.335 e. The lowest BCUT2D eigenvalue weighted by atomic mass is 9.33. The molecular formula is C45H63N3O2. The van der Waals surface area contributed by atoms with Crippen LogP contribution in [0.4, 0.5) is 0 Å². The van der Waals surface area contributed by atoms with Gasteiger partial charge in [0.15, 0.2) is 0 Å². The van der Waals surface area contributed by atoms with E-state index in [-0.39, 0.29) is 16.4 Å². The third-order valence-corrected chi connectivity index (χ3v) is 16.4. The number of hydrogen-bond acceptors (Lipinski definition) is 4. The number of fused-ring (bicyclic) bond motifs is 7. The number of nitrogens with zero attached hydrogens (tertiary/aromatic N) is 2. The number of aromatic nitrogens is 1. The summed E-state index contributed by atoms with van der Waals surface area (Å²) in [5.74, 6) is 2.34. The standard InChI is InChI=1S/C45H63N3O2/c1-29(2)33-18-23-45(47-28-36(48(8)9)32-11-10-26-46-27-32)25-24-43(6)35(39(33)45)16-17-38-42(5)21-19-34(30-12-14-31(15-13-30)40(49)50)41(3,4)37(42)20-22-44(38,43)7/h10-15,19,26-27,33,35-39,47H,1,16-18,20-25,28H2,2-9H3,(H,49,50). The minimum absolute atomic E-state index is 0.0240. The molecule has 270 valence electrons. The molecule has 0 radical (unpaired) electrons. The van der Waals surface area contributed by atoms with Gasteiger partial charge in [-0.2, -0.15) is 0 Å².